The molecule has 1 aliphatic rings. The number of aliphatic carboxylic acids is 1. The number of carboxylic acid groups (broad SMARTS) is 1. The van der Waals surface area contributed by atoms with Crippen molar-refractivity contribution < 1.29 is 24.2 Å². The Balaban J connectivity index is 1.42. The molecule has 4 rings (SSSR count). The molecule has 2 aromatic carbocycles. The molecule has 0 radical (unpaired) electrons. The van der Waals surface area contributed by atoms with E-state index in [4.69, 9.17) is 16.3 Å². The van der Waals surface area contributed by atoms with E-state index < -0.39 is 24.5 Å². The van der Waals surface area contributed by atoms with Crippen LogP contribution in [0.2, 0.25) is 0 Å². The van der Waals surface area contributed by atoms with E-state index in [1.807, 2.05) is 36.4 Å². The number of nitrogens with zero attached hydrogens (tertiary/aromatic N) is 3. The summed E-state index contributed by atoms with van der Waals surface area (Å²) in [6.45, 7) is -0.590. The molecular weight excluding hydrogens is 448 g/mol. The normalized spacial score (nSPS) is 11.8. The summed E-state index contributed by atoms with van der Waals surface area (Å²) in [5.74, 6) is 0.444. The summed E-state index contributed by atoms with van der Waals surface area (Å²) in [5, 5.41) is 15.8. The third-order valence-corrected chi connectivity index (χ3v) is 5.93. The van der Waals surface area contributed by atoms with Gasteiger partial charge in [0, 0.05) is 13.0 Å². The summed E-state index contributed by atoms with van der Waals surface area (Å²) in [4.78, 5) is 37.5. The number of amides is 2. The first-order chi connectivity index (χ1) is 16.9. The summed E-state index contributed by atoms with van der Waals surface area (Å²) in [7, 11) is 1.62. The van der Waals surface area contributed by atoms with Crippen molar-refractivity contribution in [3.05, 3.63) is 77.1 Å². The van der Waals surface area contributed by atoms with E-state index in [9.17, 15) is 14.4 Å². The molecule has 0 unspecified atom stereocenters. The van der Waals surface area contributed by atoms with Gasteiger partial charge in [0.05, 0.1) is 30.5 Å². The topological polar surface area (TPSA) is 114 Å². The molecular formula is C26H24N4O5. The van der Waals surface area contributed by atoms with Crippen LogP contribution in [0.5, 0.6) is 0 Å². The fraction of sp³-hybridized carbons (Fsp3) is 0.231. The van der Waals surface area contributed by atoms with E-state index in [2.05, 4.69) is 28.5 Å². The molecule has 2 N–H and O–H groups in total. The van der Waals surface area contributed by atoms with Gasteiger partial charge in [-0.25, -0.2) is 4.79 Å². The number of carboxylic acids is 1. The molecule has 0 aliphatic heterocycles. The van der Waals surface area contributed by atoms with E-state index >= 15 is 0 Å². The van der Waals surface area contributed by atoms with Gasteiger partial charge in [-0.05, 0) is 22.3 Å². The first kappa shape index (κ1) is 23.6. The van der Waals surface area contributed by atoms with Crippen LogP contribution in [0, 0.1) is 12.3 Å². The Bertz CT molecular complexity index is 1280. The number of ether oxygens (including phenoxy) is 1. The summed E-state index contributed by atoms with van der Waals surface area (Å²) >= 11 is 0. The zero-order valence-electron chi connectivity index (χ0n) is 19.1. The average Bonchev–Trinajstić information content (AvgIpc) is 3.38. The predicted molar refractivity (Wildman–Crippen MR) is 127 cm³/mol. The van der Waals surface area contributed by atoms with Gasteiger partial charge in [0.15, 0.2) is 0 Å². The van der Waals surface area contributed by atoms with Crippen LogP contribution in [-0.2, 0) is 23.1 Å². The highest BCUT2D eigenvalue weighted by Gasteiger charge is 2.29. The largest absolute Gasteiger partial charge is 0.480 e. The van der Waals surface area contributed by atoms with Crippen LogP contribution in [-0.4, -0.2) is 57.5 Å². The maximum Gasteiger partial charge on any atom is 0.407 e. The number of aromatic nitrogens is 2. The first-order valence-electron chi connectivity index (χ1n) is 10.9. The number of rotatable bonds is 8. The Morgan fingerprint density at radius 2 is 1.77 bits per heavy atom. The van der Waals surface area contributed by atoms with Crippen LogP contribution in [0.1, 0.15) is 33.1 Å². The maximum absolute atomic E-state index is 12.9. The van der Waals surface area contributed by atoms with Crippen LogP contribution in [0.4, 0.5) is 4.79 Å². The van der Waals surface area contributed by atoms with Gasteiger partial charge >= 0.3 is 12.1 Å². The van der Waals surface area contributed by atoms with E-state index in [0.717, 1.165) is 27.2 Å². The lowest BCUT2D eigenvalue weighted by Gasteiger charge is -2.18. The van der Waals surface area contributed by atoms with Crippen molar-refractivity contribution >= 4 is 18.0 Å². The molecule has 1 aromatic heterocycles. The number of alkyl carbamates (subject to hydrolysis) is 1. The highest BCUT2D eigenvalue weighted by Crippen LogP contribution is 2.44. The summed E-state index contributed by atoms with van der Waals surface area (Å²) in [6, 6.07) is 16.1. The number of benzene rings is 2. The number of hydrogen-bond acceptors (Lipinski definition) is 5. The van der Waals surface area contributed by atoms with E-state index in [1.54, 1.807) is 7.05 Å². The Kier molecular flexibility index (Phi) is 6.83. The van der Waals surface area contributed by atoms with Gasteiger partial charge in [0.1, 0.15) is 13.2 Å². The summed E-state index contributed by atoms with van der Waals surface area (Å²) in [5.41, 5.74) is 5.03. The Hall–Kier alpha value is -4.58. The van der Waals surface area contributed by atoms with Crippen molar-refractivity contribution in [3.8, 4) is 23.5 Å². The SMILES string of the molecule is C#CCN(CC(=O)O)C(=O)c1cnn(C)c1CNC(=O)OCC1c2ccccc2-c2ccccc21. The minimum Gasteiger partial charge on any atom is -0.480 e. The van der Waals surface area contributed by atoms with Crippen molar-refractivity contribution in [2.75, 3.05) is 19.7 Å². The summed E-state index contributed by atoms with van der Waals surface area (Å²) < 4.78 is 6.97. The van der Waals surface area contributed by atoms with E-state index in [-0.39, 0.29) is 31.2 Å². The fourth-order valence-electron chi connectivity index (χ4n) is 4.30. The van der Waals surface area contributed by atoms with Crippen molar-refractivity contribution in [2.24, 2.45) is 7.05 Å². The van der Waals surface area contributed by atoms with Crippen molar-refractivity contribution in [3.63, 3.8) is 0 Å². The van der Waals surface area contributed by atoms with Gasteiger partial charge in [-0.2, -0.15) is 5.10 Å². The Labute approximate surface area is 202 Å². The standard InChI is InChI=1S/C26H24N4O5/c1-3-12-30(15-24(31)32)25(33)21-13-28-29(2)23(21)14-27-26(34)35-16-22-19-10-6-4-8-17(19)18-9-5-7-11-20(18)22/h1,4-11,13,22H,12,14-16H2,2H3,(H,27,34)(H,31,32). The molecule has 0 saturated carbocycles. The molecule has 1 aliphatic carbocycles. The minimum atomic E-state index is -1.18. The quantitative estimate of drug-likeness (QED) is 0.487. The van der Waals surface area contributed by atoms with Gasteiger partial charge in [0.2, 0.25) is 0 Å². The first-order valence-corrected chi connectivity index (χ1v) is 10.9. The minimum absolute atomic E-state index is 0.0365. The highest BCUT2D eigenvalue weighted by atomic mass is 16.5. The molecule has 9 nitrogen and oxygen atoms in total. The number of nitrogens with one attached hydrogen (secondary N) is 1. The molecule has 2 amide bonds. The molecule has 0 bridgehead atoms. The Morgan fingerprint density at radius 1 is 1.14 bits per heavy atom. The molecule has 178 valence electrons. The Morgan fingerprint density at radius 3 is 2.37 bits per heavy atom. The van der Waals surface area contributed by atoms with Gasteiger partial charge < -0.3 is 20.1 Å². The smallest absolute Gasteiger partial charge is 0.407 e. The second-order valence-corrected chi connectivity index (χ2v) is 8.07. The number of fused-ring (bicyclic) bond motifs is 3. The third kappa shape index (κ3) is 4.87. The monoisotopic (exact) mass is 472 g/mol. The predicted octanol–water partition coefficient (Wildman–Crippen LogP) is 2.62. The molecule has 9 heteroatoms. The molecule has 35 heavy (non-hydrogen) atoms. The van der Waals surface area contributed by atoms with E-state index in [0.29, 0.717) is 5.69 Å². The highest BCUT2D eigenvalue weighted by molar-refractivity contribution is 5.97. The lowest BCUT2D eigenvalue weighted by molar-refractivity contribution is -0.137. The van der Waals surface area contributed by atoms with Crippen molar-refractivity contribution in [1.29, 1.82) is 0 Å². The number of hydrogen-bond donors (Lipinski definition) is 2. The molecule has 0 fully saturated rings. The van der Waals surface area contributed by atoms with Crippen LogP contribution in [0.25, 0.3) is 11.1 Å². The van der Waals surface area contributed by atoms with Gasteiger partial charge in [-0.1, -0.05) is 54.5 Å². The number of aryl methyl sites for hydroxylation is 1. The molecule has 0 spiro atoms. The molecule has 0 atom stereocenters. The molecule has 1 heterocycles. The molecule has 0 saturated heterocycles. The van der Waals surface area contributed by atoms with Gasteiger partial charge in [-0.3, -0.25) is 14.3 Å². The van der Waals surface area contributed by atoms with Crippen LogP contribution in [0.15, 0.2) is 54.7 Å². The average molecular weight is 473 g/mol. The van der Waals surface area contributed by atoms with Gasteiger partial charge in [0.25, 0.3) is 5.91 Å². The second kappa shape index (κ2) is 10.1. The van der Waals surface area contributed by atoms with Crippen LogP contribution >= 0.6 is 0 Å². The number of terminal acetylenes is 1. The van der Waals surface area contributed by atoms with Crippen molar-refractivity contribution in [1.82, 2.24) is 20.0 Å². The fourth-order valence-corrected chi connectivity index (χ4v) is 4.30. The summed E-state index contributed by atoms with van der Waals surface area (Å²) in [6.07, 6.45) is 5.96. The van der Waals surface area contributed by atoms with Crippen LogP contribution < -0.4 is 5.32 Å². The van der Waals surface area contributed by atoms with Crippen molar-refractivity contribution in [2.45, 2.75) is 12.5 Å². The zero-order valence-corrected chi connectivity index (χ0v) is 19.1. The number of carbonyl (C=O) groups is 3. The van der Waals surface area contributed by atoms with Gasteiger partial charge in [-0.15, -0.1) is 6.42 Å². The number of carbonyl (C=O) groups excluding carboxylic acids is 2. The second-order valence-electron chi connectivity index (χ2n) is 8.07. The third-order valence-electron chi connectivity index (χ3n) is 5.93. The molecule has 3 aromatic rings. The lowest BCUT2D eigenvalue weighted by atomic mass is 9.98. The van der Waals surface area contributed by atoms with E-state index in [1.165, 1.54) is 10.9 Å². The maximum atomic E-state index is 12.9. The van der Waals surface area contributed by atoms with Crippen LogP contribution in [0.3, 0.4) is 0 Å². The lowest BCUT2D eigenvalue weighted by Crippen LogP contribution is -2.37. The zero-order chi connectivity index (χ0) is 24.9.